The molecule has 3 N–H and O–H groups in total. The quantitative estimate of drug-likeness (QED) is 0.877. The van der Waals surface area contributed by atoms with Crippen LogP contribution in [0.3, 0.4) is 0 Å². The first-order valence-corrected chi connectivity index (χ1v) is 6.85. The Morgan fingerprint density at radius 3 is 2.94 bits per heavy atom. The van der Waals surface area contributed by atoms with E-state index in [-0.39, 0.29) is 11.7 Å². The molecular formula is C13H17FN2OS. The molecule has 0 heterocycles. The first-order valence-electron chi connectivity index (χ1n) is 5.97. The summed E-state index contributed by atoms with van der Waals surface area (Å²) in [6, 6.07) is 6.54. The molecular weight excluding hydrogens is 251 g/mol. The molecule has 1 aliphatic rings. The highest BCUT2D eigenvalue weighted by Crippen LogP contribution is 2.40. The third kappa shape index (κ3) is 2.67. The van der Waals surface area contributed by atoms with Crippen molar-refractivity contribution in [2.75, 3.05) is 7.05 Å². The van der Waals surface area contributed by atoms with Crippen molar-refractivity contribution >= 4 is 17.7 Å². The zero-order chi connectivity index (χ0) is 13.2. The van der Waals surface area contributed by atoms with Crippen LogP contribution in [0, 0.1) is 5.82 Å². The average molecular weight is 268 g/mol. The lowest BCUT2D eigenvalue weighted by molar-refractivity contribution is -0.124. The van der Waals surface area contributed by atoms with Gasteiger partial charge >= 0.3 is 0 Å². The molecule has 5 heteroatoms. The minimum absolute atomic E-state index is 0.229. The largest absolute Gasteiger partial charge is 0.368 e. The van der Waals surface area contributed by atoms with Gasteiger partial charge in [-0.25, -0.2) is 4.39 Å². The summed E-state index contributed by atoms with van der Waals surface area (Å²) in [4.78, 5) is 12.4. The van der Waals surface area contributed by atoms with Crippen molar-refractivity contribution in [2.24, 2.45) is 5.73 Å². The maximum absolute atomic E-state index is 13.1. The molecule has 3 nitrogen and oxygen atoms in total. The third-order valence-corrected chi connectivity index (χ3v) is 4.78. The van der Waals surface area contributed by atoms with Gasteiger partial charge in [-0.2, -0.15) is 0 Å². The number of rotatable bonds is 4. The Balaban J connectivity index is 2.03. The molecule has 1 amide bonds. The van der Waals surface area contributed by atoms with Gasteiger partial charge in [0, 0.05) is 10.1 Å². The molecule has 1 aromatic rings. The molecule has 2 rings (SSSR count). The van der Waals surface area contributed by atoms with Crippen molar-refractivity contribution in [3.05, 3.63) is 30.1 Å². The zero-order valence-electron chi connectivity index (χ0n) is 10.3. The predicted molar refractivity (Wildman–Crippen MR) is 70.9 cm³/mol. The first-order chi connectivity index (χ1) is 8.55. The van der Waals surface area contributed by atoms with Gasteiger partial charge in [0.15, 0.2) is 0 Å². The lowest BCUT2D eigenvalue weighted by Crippen LogP contribution is -2.52. The standard InChI is InChI=1S/C13H17FN2OS/c1-16-13(12(15)17)6-5-11(8-13)18-10-4-2-3-9(14)7-10/h2-4,7,11,16H,5-6,8H2,1H3,(H2,15,17). The smallest absolute Gasteiger partial charge is 0.237 e. The van der Waals surface area contributed by atoms with Crippen LogP contribution in [0.4, 0.5) is 4.39 Å². The van der Waals surface area contributed by atoms with Crippen LogP contribution in [0.25, 0.3) is 0 Å². The van der Waals surface area contributed by atoms with Crippen molar-refractivity contribution in [3.8, 4) is 0 Å². The van der Waals surface area contributed by atoms with Crippen molar-refractivity contribution in [2.45, 2.75) is 34.9 Å². The number of hydrogen-bond acceptors (Lipinski definition) is 3. The summed E-state index contributed by atoms with van der Waals surface area (Å²) in [7, 11) is 1.76. The van der Waals surface area contributed by atoms with E-state index in [0.29, 0.717) is 11.7 Å². The molecule has 1 saturated carbocycles. The Kier molecular flexibility index (Phi) is 3.92. The Morgan fingerprint density at radius 1 is 1.61 bits per heavy atom. The van der Waals surface area contributed by atoms with E-state index < -0.39 is 5.54 Å². The van der Waals surface area contributed by atoms with E-state index in [1.807, 2.05) is 6.07 Å². The van der Waals surface area contributed by atoms with Crippen LogP contribution in [0.5, 0.6) is 0 Å². The molecule has 2 atom stereocenters. The highest BCUT2D eigenvalue weighted by atomic mass is 32.2. The number of carbonyl (C=O) groups is 1. The highest BCUT2D eigenvalue weighted by Gasteiger charge is 2.42. The van der Waals surface area contributed by atoms with Gasteiger partial charge < -0.3 is 11.1 Å². The van der Waals surface area contributed by atoms with Crippen LogP contribution in [-0.2, 0) is 4.79 Å². The Morgan fingerprint density at radius 2 is 2.39 bits per heavy atom. The van der Waals surface area contributed by atoms with Crippen molar-refractivity contribution in [1.82, 2.24) is 5.32 Å². The third-order valence-electron chi connectivity index (χ3n) is 3.52. The number of likely N-dealkylation sites (N-methyl/N-ethyl adjacent to an activating group) is 1. The molecule has 0 bridgehead atoms. The van der Waals surface area contributed by atoms with Crippen molar-refractivity contribution < 1.29 is 9.18 Å². The molecule has 1 aromatic carbocycles. The molecule has 1 fully saturated rings. The zero-order valence-corrected chi connectivity index (χ0v) is 11.1. The van der Waals surface area contributed by atoms with Gasteiger partial charge in [0.05, 0.1) is 5.54 Å². The Bertz CT molecular complexity index is 454. The van der Waals surface area contributed by atoms with Gasteiger partial charge in [-0.15, -0.1) is 11.8 Å². The summed E-state index contributed by atoms with van der Waals surface area (Å²) in [5.74, 6) is -0.528. The fourth-order valence-corrected chi connectivity index (χ4v) is 3.73. The molecule has 0 radical (unpaired) electrons. The monoisotopic (exact) mass is 268 g/mol. The van der Waals surface area contributed by atoms with Gasteiger partial charge in [-0.3, -0.25) is 4.79 Å². The van der Waals surface area contributed by atoms with E-state index >= 15 is 0 Å². The molecule has 0 aliphatic heterocycles. The number of hydrogen-bond donors (Lipinski definition) is 2. The number of amides is 1. The number of nitrogens with two attached hydrogens (primary N) is 1. The molecule has 0 aromatic heterocycles. The molecule has 1 aliphatic carbocycles. The highest BCUT2D eigenvalue weighted by molar-refractivity contribution is 8.00. The second-order valence-corrected chi connectivity index (χ2v) is 6.01. The second kappa shape index (κ2) is 5.28. The average Bonchev–Trinajstić information content (AvgIpc) is 2.74. The van der Waals surface area contributed by atoms with Crippen LogP contribution in [0.2, 0.25) is 0 Å². The minimum atomic E-state index is -0.592. The van der Waals surface area contributed by atoms with Crippen molar-refractivity contribution in [3.63, 3.8) is 0 Å². The fraction of sp³-hybridized carbons (Fsp3) is 0.462. The summed E-state index contributed by atoms with van der Waals surface area (Å²) in [5.41, 5.74) is 4.86. The molecule has 0 spiro atoms. The van der Waals surface area contributed by atoms with E-state index in [4.69, 9.17) is 5.73 Å². The summed E-state index contributed by atoms with van der Waals surface area (Å²) >= 11 is 1.61. The number of benzene rings is 1. The van der Waals surface area contributed by atoms with E-state index in [1.165, 1.54) is 12.1 Å². The van der Waals surface area contributed by atoms with Crippen LogP contribution >= 0.6 is 11.8 Å². The predicted octanol–water partition coefficient (Wildman–Crippen LogP) is 1.91. The van der Waals surface area contributed by atoms with Gasteiger partial charge in [-0.05, 0) is 44.5 Å². The summed E-state index contributed by atoms with van der Waals surface area (Å²) in [6.07, 6.45) is 2.34. The number of nitrogens with one attached hydrogen (secondary N) is 1. The Hall–Kier alpha value is -1.07. The van der Waals surface area contributed by atoms with E-state index in [0.717, 1.165) is 17.7 Å². The normalized spacial score (nSPS) is 27.3. The van der Waals surface area contributed by atoms with Gasteiger partial charge in [-0.1, -0.05) is 6.07 Å². The van der Waals surface area contributed by atoms with Gasteiger partial charge in [0.25, 0.3) is 0 Å². The summed E-state index contributed by atoms with van der Waals surface area (Å²) < 4.78 is 13.1. The number of halogens is 1. The van der Waals surface area contributed by atoms with Crippen LogP contribution in [-0.4, -0.2) is 23.7 Å². The molecule has 98 valence electrons. The molecule has 2 unspecified atom stereocenters. The molecule has 18 heavy (non-hydrogen) atoms. The summed E-state index contributed by atoms with van der Waals surface area (Å²) in [6.45, 7) is 0. The number of primary amides is 1. The topological polar surface area (TPSA) is 55.1 Å². The van der Waals surface area contributed by atoms with Crippen LogP contribution in [0.1, 0.15) is 19.3 Å². The number of carbonyl (C=O) groups excluding carboxylic acids is 1. The summed E-state index contributed by atoms with van der Waals surface area (Å²) in [5, 5.41) is 3.34. The maximum atomic E-state index is 13.1. The van der Waals surface area contributed by atoms with Crippen molar-refractivity contribution in [1.29, 1.82) is 0 Å². The van der Waals surface area contributed by atoms with E-state index in [1.54, 1.807) is 24.9 Å². The fourth-order valence-electron chi connectivity index (χ4n) is 2.41. The second-order valence-electron chi connectivity index (χ2n) is 4.64. The van der Waals surface area contributed by atoms with Gasteiger partial charge in [0.1, 0.15) is 5.82 Å². The lowest BCUT2D eigenvalue weighted by Gasteiger charge is -2.24. The van der Waals surface area contributed by atoms with Crippen LogP contribution < -0.4 is 11.1 Å². The first kappa shape index (κ1) is 13.4. The Labute approximate surface area is 110 Å². The lowest BCUT2D eigenvalue weighted by atomic mass is 9.97. The minimum Gasteiger partial charge on any atom is -0.368 e. The molecule has 0 saturated heterocycles. The SMILES string of the molecule is CNC1(C(N)=O)CCC(Sc2cccc(F)c2)C1. The van der Waals surface area contributed by atoms with Gasteiger partial charge in [0.2, 0.25) is 5.91 Å². The van der Waals surface area contributed by atoms with E-state index in [9.17, 15) is 9.18 Å². The maximum Gasteiger partial charge on any atom is 0.237 e. The van der Waals surface area contributed by atoms with E-state index in [2.05, 4.69) is 5.32 Å². The number of thioether (sulfide) groups is 1. The van der Waals surface area contributed by atoms with Crippen LogP contribution in [0.15, 0.2) is 29.2 Å².